The lowest BCUT2D eigenvalue weighted by Crippen LogP contribution is -2.35. The first-order chi connectivity index (χ1) is 14.3. The van der Waals surface area contributed by atoms with Crippen molar-refractivity contribution < 1.29 is 17.9 Å². The number of sulfone groups is 1. The first-order valence-electron chi connectivity index (χ1n) is 10.2. The number of carbonyl (C=O) groups is 1. The normalized spacial score (nSPS) is 18.8. The van der Waals surface area contributed by atoms with Gasteiger partial charge >= 0.3 is 0 Å². The van der Waals surface area contributed by atoms with Crippen molar-refractivity contribution >= 4 is 21.6 Å². The highest BCUT2D eigenvalue weighted by molar-refractivity contribution is 7.92. The second kappa shape index (κ2) is 8.35. The molecule has 30 heavy (non-hydrogen) atoms. The van der Waals surface area contributed by atoms with Crippen LogP contribution < -0.4 is 10.9 Å². The number of hydrogen-bond donors (Lipinski definition) is 1. The third-order valence-electron chi connectivity index (χ3n) is 5.71. The van der Waals surface area contributed by atoms with Crippen LogP contribution in [0.25, 0.3) is 0 Å². The monoisotopic (exact) mass is 434 g/mol. The molecule has 2 aromatic heterocycles. The predicted molar refractivity (Wildman–Crippen MR) is 110 cm³/mol. The minimum Gasteiger partial charge on any atom is -0.381 e. The van der Waals surface area contributed by atoms with E-state index in [0.29, 0.717) is 38.3 Å². The van der Waals surface area contributed by atoms with Gasteiger partial charge in [0, 0.05) is 44.8 Å². The number of nitrogens with one attached hydrogen (secondary N) is 1. The Labute approximate surface area is 175 Å². The topological polar surface area (TPSA) is 112 Å². The van der Waals surface area contributed by atoms with Gasteiger partial charge in [0.15, 0.2) is 15.7 Å². The van der Waals surface area contributed by atoms with E-state index in [4.69, 9.17) is 4.74 Å². The Bertz CT molecular complexity index is 1080. The number of hydrogen-bond acceptors (Lipinski definition) is 6. The average Bonchev–Trinajstić information content (AvgIpc) is 3.51. The molecule has 0 bridgehead atoms. The summed E-state index contributed by atoms with van der Waals surface area (Å²) >= 11 is 0. The van der Waals surface area contributed by atoms with Crippen LogP contribution in [-0.2, 0) is 26.4 Å². The number of nitrogens with zero attached hydrogens (tertiary/aromatic N) is 3. The van der Waals surface area contributed by atoms with Crippen LogP contribution in [0.4, 0.5) is 5.82 Å². The molecule has 1 amide bonds. The van der Waals surface area contributed by atoms with Crippen molar-refractivity contribution in [2.45, 2.75) is 48.3 Å². The summed E-state index contributed by atoms with van der Waals surface area (Å²) in [6, 6.07) is 3.48. The van der Waals surface area contributed by atoms with Crippen LogP contribution in [0.2, 0.25) is 0 Å². The Hall–Kier alpha value is -2.46. The molecule has 9 nitrogen and oxygen atoms in total. The largest absolute Gasteiger partial charge is 0.381 e. The van der Waals surface area contributed by atoms with Crippen LogP contribution in [0.3, 0.4) is 0 Å². The molecule has 1 unspecified atom stereocenters. The molecule has 162 valence electrons. The Balaban J connectivity index is 1.62. The fraction of sp³-hybridized carbons (Fsp3) is 0.550. The van der Waals surface area contributed by atoms with Crippen molar-refractivity contribution in [3.8, 4) is 0 Å². The van der Waals surface area contributed by atoms with Crippen molar-refractivity contribution in [2.75, 3.05) is 18.5 Å². The molecule has 0 radical (unpaired) electrons. The van der Waals surface area contributed by atoms with Crippen molar-refractivity contribution in [3.63, 3.8) is 0 Å². The summed E-state index contributed by atoms with van der Waals surface area (Å²) < 4.78 is 33.3. The SMILES string of the molecule is Cn1ccc(NC(=O)C(CC2CCOCC2)n2ccc(S(=O)(=O)C3CC3)cc2=O)n1. The molecular weight excluding hydrogens is 408 g/mol. The molecule has 0 spiro atoms. The fourth-order valence-corrected chi connectivity index (χ4v) is 5.47. The number of aryl methyl sites for hydroxylation is 1. The van der Waals surface area contributed by atoms with Crippen molar-refractivity contribution in [1.29, 1.82) is 0 Å². The number of pyridine rings is 1. The van der Waals surface area contributed by atoms with E-state index < -0.39 is 26.7 Å². The molecule has 1 saturated carbocycles. The van der Waals surface area contributed by atoms with Crippen LogP contribution in [-0.4, -0.2) is 47.1 Å². The third kappa shape index (κ3) is 4.49. The lowest BCUT2D eigenvalue weighted by molar-refractivity contribution is -0.120. The molecule has 1 aliphatic carbocycles. The smallest absolute Gasteiger partial charge is 0.252 e. The van der Waals surface area contributed by atoms with Crippen LogP contribution in [0.5, 0.6) is 0 Å². The fourth-order valence-electron chi connectivity index (χ4n) is 3.81. The lowest BCUT2D eigenvalue weighted by Gasteiger charge is -2.27. The Morgan fingerprint density at radius 3 is 2.57 bits per heavy atom. The molecule has 0 aromatic carbocycles. The summed E-state index contributed by atoms with van der Waals surface area (Å²) in [7, 11) is -1.72. The number of aromatic nitrogens is 3. The van der Waals surface area contributed by atoms with E-state index in [9.17, 15) is 18.0 Å². The van der Waals surface area contributed by atoms with Gasteiger partial charge in [0.05, 0.1) is 10.1 Å². The second-order valence-electron chi connectivity index (χ2n) is 8.02. The van der Waals surface area contributed by atoms with E-state index in [1.807, 2.05) is 0 Å². The van der Waals surface area contributed by atoms with Crippen LogP contribution >= 0.6 is 0 Å². The number of ether oxygens (including phenoxy) is 1. The molecule has 2 aromatic rings. The van der Waals surface area contributed by atoms with Crippen LogP contribution in [0, 0.1) is 5.92 Å². The summed E-state index contributed by atoms with van der Waals surface area (Å²) in [6.07, 6.45) is 6.50. The number of rotatable bonds is 7. The number of amides is 1. The molecule has 10 heteroatoms. The van der Waals surface area contributed by atoms with Gasteiger partial charge < -0.3 is 14.6 Å². The molecule has 1 N–H and O–H groups in total. The summed E-state index contributed by atoms with van der Waals surface area (Å²) in [4.78, 5) is 26.0. The Morgan fingerprint density at radius 1 is 1.23 bits per heavy atom. The van der Waals surface area contributed by atoms with Gasteiger partial charge in [-0.15, -0.1) is 0 Å². The van der Waals surface area contributed by atoms with Gasteiger partial charge in [-0.25, -0.2) is 8.42 Å². The van der Waals surface area contributed by atoms with Gasteiger partial charge in [-0.3, -0.25) is 14.3 Å². The zero-order valence-electron chi connectivity index (χ0n) is 16.9. The van der Waals surface area contributed by atoms with Gasteiger partial charge in [-0.1, -0.05) is 0 Å². The molecule has 2 aliphatic rings. The zero-order valence-corrected chi connectivity index (χ0v) is 17.7. The molecule has 3 heterocycles. The van der Waals surface area contributed by atoms with Crippen molar-refractivity contribution in [1.82, 2.24) is 14.3 Å². The van der Waals surface area contributed by atoms with E-state index >= 15 is 0 Å². The third-order valence-corrected chi connectivity index (χ3v) is 7.97. The molecular formula is C20H26N4O5S. The van der Waals surface area contributed by atoms with Crippen LogP contribution in [0.1, 0.15) is 38.1 Å². The predicted octanol–water partition coefficient (Wildman–Crippen LogP) is 1.51. The average molecular weight is 435 g/mol. The van der Waals surface area contributed by atoms with Gasteiger partial charge in [0.2, 0.25) is 5.91 Å². The summed E-state index contributed by atoms with van der Waals surface area (Å²) in [5.41, 5.74) is -0.495. The molecule has 1 aliphatic heterocycles. The highest BCUT2D eigenvalue weighted by Gasteiger charge is 2.37. The lowest BCUT2D eigenvalue weighted by atomic mass is 9.92. The van der Waals surface area contributed by atoms with E-state index in [-0.39, 0.29) is 16.7 Å². The zero-order chi connectivity index (χ0) is 21.3. The van der Waals surface area contributed by atoms with Crippen molar-refractivity contribution in [3.05, 3.63) is 40.9 Å². The molecule has 4 rings (SSSR count). The van der Waals surface area contributed by atoms with E-state index in [1.54, 1.807) is 24.0 Å². The van der Waals surface area contributed by atoms with Gasteiger partial charge in [-0.05, 0) is 44.1 Å². The van der Waals surface area contributed by atoms with E-state index in [2.05, 4.69) is 10.4 Å². The standard InChI is InChI=1S/C20H26N4O5S/c1-23-8-5-18(22-23)21-20(26)17(12-14-6-10-29-11-7-14)24-9-4-16(13-19(24)25)30(27,28)15-2-3-15/h4-5,8-9,13-15,17H,2-3,6-7,10-12H2,1H3,(H,21,22,26). The minimum absolute atomic E-state index is 0.0289. The molecule has 2 fully saturated rings. The first-order valence-corrected chi connectivity index (χ1v) is 11.7. The minimum atomic E-state index is -3.47. The molecule has 1 saturated heterocycles. The first kappa shape index (κ1) is 20.8. The Morgan fingerprint density at radius 2 is 1.97 bits per heavy atom. The van der Waals surface area contributed by atoms with E-state index in [0.717, 1.165) is 18.9 Å². The Kier molecular flexibility index (Phi) is 5.79. The maximum absolute atomic E-state index is 13.1. The summed E-state index contributed by atoms with van der Waals surface area (Å²) in [5.74, 6) is 0.292. The summed E-state index contributed by atoms with van der Waals surface area (Å²) in [5, 5.41) is 6.55. The van der Waals surface area contributed by atoms with Gasteiger partial charge in [-0.2, -0.15) is 5.10 Å². The number of carbonyl (C=O) groups excluding carboxylic acids is 1. The van der Waals surface area contributed by atoms with Gasteiger partial charge in [0.25, 0.3) is 5.56 Å². The second-order valence-corrected chi connectivity index (χ2v) is 10.3. The maximum atomic E-state index is 13.1. The van der Waals surface area contributed by atoms with Gasteiger partial charge in [0.1, 0.15) is 6.04 Å². The highest BCUT2D eigenvalue weighted by atomic mass is 32.2. The van der Waals surface area contributed by atoms with E-state index in [1.165, 1.54) is 16.8 Å². The summed E-state index contributed by atoms with van der Waals surface area (Å²) in [6.45, 7) is 1.26. The van der Waals surface area contributed by atoms with Crippen molar-refractivity contribution in [2.24, 2.45) is 13.0 Å². The molecule has 1 atom stereocenters. The highest BCUT2D eigenvalue weighted by Crippen LogP contribution is 2.33. The van der Waals surface area contributed by atoms with Crippen LogP contribution in [0.15, 0.2) is 40.3 Å². The number of anilines is 1. The quantitative estimate of drug-likeness (QED) is 0.707. The maximum Gasteiger partial charge on any atom is 0.252 e.